The fraction of sp³-hybridized carbons (Fsp3) is 0.250. The first-order valence-corrected chi connectivity index (χ1v) is 9.95. The molecule has 0 saturated heterocycles. The van der Waals surface area contributed by atoms with Gasteiger partial charge in [0.05, 0.1) is 0 Å². The molecule has 7 nitrogen and oxygen atoms in total. The molecule has 154 valence electrons. The van der Waals surface area contributed by atoms with Gasteiger partial charge in [0.1, 0.15) is 30.1 Å². The van der Waals surface area contributed by atoms with Crippen LogP contribution in [0.5, 0.6) is 11.5 Å². The molecule has 5 rings (SSSR count). The fourth-order valence-electron chi connectivity index (χ4n) is 3.65. The number of amidine groups is 1. The molecule has 0 unspecified atom stereocenters. The lowest BCUT2D eigenvalue weighted by Gasteiger charge is -2.32. The van der Waals surface area contributed by atoms with E-state index in [0.29, 0.717) is 22.9 Å². The van der Waals surface area contributed by atoms with Crippen LogP contribution >= 0.6 is 0 Å². The number of hydrogen-bond donors (Lipinski definition) is 1. The number of nitrogens with zero attached hydrogens (tertiary/aromatic N) is 4. The summed E-state index contributed by atoms with van der Waals surface area (Å²) >= 11 is 0. The van der Waals surface area contributed by atoms with Crippen LogP contribution in [0.15, 0.2) is 54.0 Å². The Balaban J connectivity index is 1.69. The summed E-state index contributed by atoms with van der Waals surface area (Å²) in [6.45, 7) is 6.41. The predicted octanol–water partition coefficient (Wildman–Crippen LogP) is 3.63. The van der Waals surface area contributed by atoms with Crippen molar-refractivity contribution in [2.75, 3.05) is 6.61 Å². The van der Waals surface area contributed by atoms with E-state index in [2.05, 4.69) is 42.6 Å². The Hall–Kier alpha value is -3.92. The third-order valence-electron chi connectivity index (χ3n) is 5.08. The van der Waals surface area contributed by atoms with E-state index in [1.165, 1.54) is 6.33 Å². The van der Waals surface area contributed by atoms with E-state index in [1.54, 1.807) is 12.4 Å². The van der Waals surface area contributed by atoms with Crippen molar-refractivity contribution in [2.45, 2.75) is 26.3 Å². The highest BCUT2D eigenvalue weighted by molar-refractivity contribution is 5.77. The number of rotatable bonds is 1. The van der Waals surface area contributed by atoms with Gasteiger partial charge in [0.15, 0.2) is 11.3 Å². The predicted molar refractivity (Wildman–Crippen MR) is 116 cm³/mol. The van der Waals surface area contributed by atoms with Gasteiger partial charge < -0.3 is 15.2 Å². The maximum Gasteiger partial charge on any atom is 0.283 e. The molecule has 0 radical (unpaired) electrons. The molecule has 1 spiro atoms. The van der Waals surface area contributed by atoms with Crippen molar-refractivity contribution in [3.63, 3.8) is 0 Å². The van der Waals surface area contributed by atoms with Crippen LogP contribution < -0.4 is 10.5 Å². The molecule has 0 amide bonds. The SMILES string of the molecule is CC(C)(C)C#Cc1ccc2c(n1)[C@@]1(COC(N)=N1)c1cc(-c3cncnc3)ccc1O2. The Bertz CT molecular complexity index is 1270. The summed E-state index contributed by atoms with van der Waals surface area (Å²) < 4.78 is 11.8. The number of fused-ring (bicyclic) bond motifs is 4. The first-order valence-electron chi connectivity index (χ1n) is 9.95. The summed E-state index contributed by atoms with van der Waals surface area (Å²) in [7, 11) is 0. The van der Waals surface area contributed by atoms with Crippen molar-refractivity contribution in [1.29, 1.82) is 0 Å². The second kappa shape index (κ2) is 6.81. The molecular weight excluding hydrogens is 390 g/mol. The maximum atomic E-state index is 6.18. The van der Waals surface area contributed by atoms with E-state index in [-0.39, 0.29) is 18.0 Å². The van der Waals surface area contributed by atoms with E-state index in [1.807, 2.05) is 30.3 Å². The largest absolute Gasteiger partial charge is 0.462 e. The van der Waals surface area contributed by atoms with Gasteiger partial charge >= 0.3 is 0 Å². The Labute approximate surface area is 180 Å². The van der Waals surface area contributed by atoms with Gasteiger partial charge in [-0.15, -0.1) is 0 Å². The van der Waals surface area contributed by atoms with E-state index >= 15 is 0 Å². The number of pyridine rings is 1. The first-order chi connectivity index (χ1) is 14.8. The molecule has 0 fully saturated rings. The minimum atomic E-state index is -0.905. The van der Waals surface area contributed by atoms with Crippen LogP contribution in [0.25, 0.3) is 11.1 Å². The van der Waals surface area contributed by atoms with Crippen molar-refractivity contribution >= 4 is 6.02 Å². The van der Waals surface area contributed by atoms with Crippen LogP contribution in [0.2, 0.25) is 0 Å². The Morgan fingerprint density at radius 2 is 1.81 bits per heavy atom. The standard InChI is InChI=1S/C24H21N5O2/c1-23(2,3)9-8-17-5-7-20-21(28-17)24(13-30-22(25)29-24)18-10-15(4-6-19(18)31-20)16-11-26-14-27-12-16/h4-7,10-12,14H,13H2,1-3H3,(H2,25,29)/t24-/m1/s1. The lowest BCUT2D eigenvalue weighted by Crippen LogP contribution is -2.32. The zero-order chi connectivity index (χ0) is 21.6. The summed E-state index contributed by atoms with van der Waals surface area (Å²) in [5.41, 5.74) is 8.87. The summed E-state index contributed by atoms with van der Waals surface area (Å²) in [5.74, 6) is 7.69. The second-order valence-electron chi connectivity index (χ2n) is 8.58. The highest BCUT2D eigenvalue weighted by Gasteiger charge is 2.48. The van der Waals surface area contributed by atoms with E-state index < -0.39 is 5.54 Å². The lowest BCUT2D eigenvalue weighted by molar-refractivity contribution is 0.260. The van der Waals surface area contributed by atoms with Crippen LogP contribution in [0.3, 0.4) is 0 Å². The topological polar surface area (TPSA) is 95.5 Å². The molecule has 2 aliphatic rings. The van der Waals surface area contributed by atoms with Crippen molar-refractivity contribution < 1.29 is 9.47 Å². The highest BCUT2D eigenvalue weighted by Crippen LogP contribution is 2.50. The van der Waals surface area contributed by atoms with Crippen molar-refractivity contribution in [1.82, 2.24) is 15.0 Å². The molecule has 1 aromatic carbocycles. The lowest BCUT2D eigenvalue weighted by atomic mass is 9.83. The van der Waals surface area contributed by atoms with Gasteiger partial charge in [-0.1, -0.05) is 12.0 Å². The summed E-state index contributed by atoms with van der Waals surface area (Å²) in [6, 6.07) is 9.75. The molecule has 7 heteroatoms. The van der Waals surface area contributed by atoms with Gasteiger partial charge in [0, 0.05) is 28.9 Å². The number of nitrogens with two attached hydrogens (primary N) is 1. The number of benzene rings is 1. The van der Waals surface area contributed by atoms with Crippen LogP contribution in [-0.4, -0.2) is 27.6 Å². The smallest absolute Gasteiger partial charge is 0.283 e. The first kappa shape index (κ1) is 19.1. The van der Waals surface area contributed by atoms with Gasteiger partial charge in [-0.2, -0.15) is 0 Å². The van der Waals surface area contributed by atoms with Crippen molar-refractivity contribution in [2.24, 2.45) is 16.1 Å². The minimum absolute atomic E-state index is 0.125. The van der Waals surface area contributed by atoms with Crippen LogP contribution in [0.1, 0.15) is 37.7 Å². The van der Waals surface area contributed by atoms with Crippen LogP contribution in [0, 0.1) is 17.3 Å². The van der Waals surface area contributed by atoms with Crippen LogP contribution in [-0.2, 0) is 10.3 Å². The zero-order valence-corrected chi connectivity index (χ0v) is 17.5. The maximum absolute atomic E-state index is 6.18. The van der Waals surface area contributed by atoms with E-state index in [4.69, 9.17) is 25.2 Å². The number of aliphatic imine (C=N–C) groups is 1. The highest BCUT2D eigenvalue weighted by atomic mass is 16.5. The molecule has 31 heavy (non-hydrogen) atoms. The van der Waals surface area contributed by atoms with E-state index in [9.17, 15) is 0 Å². The van der Waals surface area contributed by atoms with Gasteiger partial charge in [-0.3, -0.25) is 0 Å². The van der Waals surface area contributed by atoms with Gasteiger partial charge in [-0.05, 0) is 56.5 Å². The average Bonchev–Trinajstić information content (AvgIpc) is 3.15. The van der Waals surface area contributed by atoms with E-state index in [0.717, 1.165) is 16.7 Å². The molecule has 0 aliphatic carbocycles. The van der Waals surface area contributed by atoms with Crippen molar-refractivity contribution in [3.05, 3.63) is 66.0 Å². The Kier molecular flexibility index (Phi) is 4.19. The summed E-state index contributed by atoms with van der Waals surface area (Å²) in [4.78, 5) is 17.8. The van der Waals surface area contributed by atoms with Gasteiger partial charge in [0.25, 0.3) is 6.02 Å². The molecule has 1 atom stereocenters. The van der Waals surface area contributed by atoms with Crippen LogP contribution in [0.4, 0.5) is 0 Å². The molecule has 2 aliphatic heterocycles. The molecule has 4 heterocycles. The Morgan fingerprint density at radius 1 is 1.03 bits per heavy atom. The summed E-state index contributed by atoms with van der Waals surface area (Å²) in [6.07, 6.45) is 5.03. The number of aromatic nitrogens is 3. The van der Waals surface area contributed by atoms with Gasteiger partial charge in [0.2, 0.25) is 0 Å². The zero-order valence-electron chi connectivity index (χ0n) is 17.5. The summed E-state index contributed by atoms with van der Waals surface area (Å²) in [5, 5.41) is 0. The van der Waals surface area contributed by atoms with Crippen molar-refractivity contribution in [3.8, 4) is 34.5 Å². The third kappa shape index (κ3) is 3.36. The minimum Gasteiger partial charge on any atom is -0.462 e. The fourth-order valence-corrected chi connectivity index (χ4v) is 3.65. The quantitative estimate of drug-likeness (QED) is 0.615. The number of hydrogen-bond acceptors (Lipinski definition) is 7. The monoisotopic (exact) mass is 411 g/mol. The molecule has 2 aromatic heterocycles. The molecule has 3 aromatic rings. The average molecular weight is 411 g/mol. The molecule has 0 saturated carbocycles. The number of ether oxygens (including phenoxy) is 2. The second-order valence-corrected chi connectivity index (χ2v) is 8.58. The molecular formula is C24H21N5O2. The Morgan fingerprint density at radius 3 is 2.52 bits per heavy atom. The normalized spacial score (nSPS) is 18.7. The van der Waals surface area contributed by atoms with Gasteiger partial charge in [-0.25, -0.2) is 19.9 Å². The molecule has 2 N–H and O–H groups in total. The molecule has 0 bridgehead atoms. The third-order valence-corrected chi connectivity index (χ3v) is 5.08.